The van der Waals surface area contributed by atoms with Crippen LogP contribution in [0, 0.1) is 0 Å². The highest BCUT2D eigenvalue weighted by atomic mass is 79.9. The maximum atomic E-state index is 12.3. The lowest BCUT2D eigenvalue weighted by atomic mass is 10.2. The minimum absolute atomic E-state index is 0.179. The predicted octanol–water partition coefficient (Wildman–Crippen LogP) is 4.66. The number of aromatic nitrogens is 3. The number of thioether (sulfide) groups is 1. The van der Waals surface area contributed by atoms with E-state index in [-0.39, 0.29) is 5.95 Å². The van der Waals surface area contributed by atoms with Gasteiger partial charge in [0.15, 0.2) is 0 Å². The van der Waals surface area contributed by atoms with Crippen molar-refractivity contribution in [1.29, 1.82) is 0 Å². The average Bonchev–Trinajstić information content (AvgIpc) is 3.04. The number of anilines is 1. The van der Waals surface area contributed by atoms with Crippen molar-refractivity contribution in [3.63, 3.8) is 0 Å². The number of halogens is 3. The van der Waals surface area contributed by atoms with Crippen molar-refractivity contribution in [2.24, 2.45) is 0 Å². The summed E-state index contributed by atoms with van der Waals surface area (Å²) in [5, 5.41) is 6.80. The summed E-state index contributed by atoms with van der Waals surface area (Å²) in [4.78, 5) is 16.6. The van der Waals surface area contributed by atoms with Gasteiger partial charge in [0.25, 0.3) is 11.7 Å². The Hall–Kier alpha value is -2.26. The van der Waals surface area contributed by atoms with Crippen LogP contribution in [0.5, 0.6) is 0 Å². The fourth-order valence-corrected chi connectivity index (χ4v) is 2.93. The molecule has 0 bridgehead atoms. The molecule has 0 spiro atoms. The fraction of sp³-hybridized carbons (Fsp3) is 0.118. The Kier molecular flexibility index (Phi) is 6.00. The number of nitrogens with one attached hydrogen (secondary N) is 1. The Morgan fingerprint density at radius 1 is 1.15 bits per heavy atom. The highest BCUT2D eigenvalue weighted by molar-refractivity contribution is 9.10. The van der Waals surface area contributed by atoms with Crippen LogP contribution in [-0.2, 0) is 6.54 Å². The number of carbonyl (C=O) groups is 1. The molecule has 0 aliphatic heterocycles. The Morgan fingerprint density at radius 2 is 1.85 bits per heavy atom. The van der Waals surface area contributed by atoms with E-state index in [1.54, 1.807) is 4.68 Å². The van der Waals surface area contributed by atoms with Gasteiger partial charge in [-0.2, -0.15) is 8.78 Å². The number of alkyl halides is 2. The molecule has 0 aliphatic rings. The summed E-state index contributed by atoms with van der Waals surface area (Å²) < 4.78 is 27.2. The Balaban J connectivity index is 1.61. The van der Waals surface area contributed by atoms with E-state index in [4.69, 9.17) is 0 Å². The third-order valence-corrected chi connectivity index (χ3v) is 4.61. The molecule has 26 heavy (non-hydrogen) atoms. The highest BCUT2D eigenvalue weighted by Crippen LogP contribution is 2.25. The van der Waals surface area contributed by atoms with E-state index in [9.17, 15) is 13.6 Å². The minimum atomic E-state index is -2.49. The number of carbonyl (C=O) groups excluding carboxylic acids is 1. The number of benzene rings is 2. The van der Waals surface area contributed by atoms with Gasteiger partial charge in [-0.1, -0.05) is 39.8 Å². The van der Waals surface area contributed by atoms with Crippen molar-refractivity contribution in [3.8, 4) is 0 Å². The van der Waals surface area contributed by atoms with Crippen LogP contribution in [0.3, 0.4) is 0 Å². The quantitative estimate of drug-likeness (QED) is 0.568. The normalized spacial score (nSPS) is 10.9. The summed E-state index contributed by atoms with van der Waals surface area (Å²) >= 11 is 3.81. The molecule has 3 aromatic rings. The molecule has 0 saturated heterocycles. The van der Waals surface area contributed by atoms with Gasteiger partial charge in [0.1, 0.15) is 6.33 Å². The maximum Gasteiger partial charge on any atom is 0.288 e. The molecule has 1 heterocycles. The van der Waals surface area contributed by atoms with E-state index in [0.717, 1.165) is 10.0 Å². The lowest BCUT2D eigenvalue weighted by Gasteiger charge is -2.04. The zero-order valence-corrected chi connectivity index (χ0v) is 15.7. The second kappa shape index (κ2) is 8.41. The lowest BCUT2D eigenvalue weighted by Crippen LogP contribution is -2.13. The van der Waals surface area contributed by atoms with Crippen molar-refractivity contribution in [2.45, 2.75) is 17.2 Å². The average molecular weight is 439 g/mol. The van der Waals surface area contributed by atoms with Crippen LogP contribution in [-0.4, -0.2) is 26.4 Å². The third kappa shape index (κ3) is 5.12. The maximum absolute atomic E-state index is 12.3. The van der Waals surface area contributed by atoms with Gasteiger partial charge < -0.3 is 0 Å². The molecule has 3 rings (SSSR count). The molecule has 0 radical (unpaired) electrons. The molecule has 0 saturated carbocycles. The fourth-order valence-electron chi connectivity index (χ4n) is 2.17. The van der Waals surface area contributed by atoms with Crippen molar-refractivity contribution in [2.75, 3.05) is 5.32 Å². The summed E-state index contributed by atoms with van der Waals surface area (Å²) in [6.45, 7) is 0.524. The summed E-state index contributed by atoms with van der Waals surface area (Å²) in [5.41, 5.74) is 1.39. The summed E-state index contributed by atoms with van der Waals surface area (Å²) in [5.74, 6) is -2.72. The zero-order valence-electron chi connectivity index (χ0n) is 13.3. The zero-order chi connectivity index (χ0) is 18.5. The first-order valence-electron chi connectivity index (χ1n) is 7.50. The highest BCUT2D eigenvalue weighted by Gasteiger charge is 2.11. The van der Waals surface area contributed by atoms with Crippen LogP contribution in [0.2, 0.25) is 0 Å². The van der Waals surface area contributed by atoms with Crippen molar-refractivity contribution < 1.29 is 13.6 Å². The van der Waals surface area contributed by atoms with Crippen LogP contribution in [0.25, 0.3) is 0 Å². The molecule has 9 heteroatoms. The first-order chi connectivity index (χ1) is 12.5. The molecule has 0 aliphatic carbocycles. The van der Waals surface area contributed by atoms with E-state index in [0.29, 0.717) is 28.8 Å². The lowest BCUT2D eigenvalue weighted by molar-refractivity contribution is 0.102. The summed E-state index contributed by atoms with van der Waals surface area (Å²) in [7, 11) is 0. The van der Waals surface area contributed by atoms with Crippen LogP contribution in [0.1, 0.15) is 15.9 Å². The molecule has 1 N–H and O–H groups in total. The molecule has 0 unspecified atom stereocenters. The van der Waals surface area contributed by atoms with Crippen molar-refractivity contribution in [1.82, 2.24) is 14.8 Å². The molecule has 5 nitrogen and oxygen atoms in total. The summed E-state index contributed by atoms with van der Waals surface area (Å²) in [6.07, 6.45) is 1.53. The number of rotatable bonds is 6. The van der Waals surface area contributed by atoms with Gasteiger partial charge in [-0.3, -0.25) is 10.1 Å². The largest absolute Gasteiger partial charge is 0.289 e. The molecule has 2 aromatic carbocycles. The van der Waals surface area contributed by atoms with Crippen LogP contribution < -0.4 is 5.32 Å². The molecule has 134 valence electrons. The number of hydrogen-bond acceptors (Lipinski definition) is 4. The molecule has 1 amide bonds. The van der Waals surface area contributed by atoms with E-state index in [1.165, 1.54) is 30.6 Å². The molecule has 0 fully saturated rings. The molecular weight excluding hydrogens is 426 g/mol. The second-order valence-corrected chi connectivity index (χ2v) is 7.23. The Bertz CT molecular complexity index is 885. The minimum Gasteiger partial charge on any atom is -0.289 e. The van der Waals surface area contributed by atoms with Crippen LogP contribution in [0.4, 0.5) is 14.7 Å². The van der Waals surface area contributed by atoms with Crippen LogP contribution >= 0.6 is 27.7 Å². The molecular formula is C17H13BrF2N4OS. The first kappa shape index (κ1) is 18.5. The second-order valence-electron chi connectivity index (χ2n) is 5.25. The van der Waals surface area contributed by atoms with E-state index in [1.807, 2.05) is 24.3 Å². The summed E-state index contributed by atoms with van der Waals surface area (Å²) in [6, 6.07) is 13.7. The van der Waals surface area contributed by atoms with Crippen molar-refractivity contribution >= 4 is 39.5 Å². The van der Waals surface area contributed by atoms with E-state index in [2.05, 4.69) is 31.3 Å². The van der Waals surface area contributed by atoms with Crippen LogP contribution in [0.15, 0.2) is 64.2 Å². The topological polar surface area (TPSA) is 59.8 Å². The monoisotopic (exact) mass is 438 g/mol. The van der Waals surface area contributed by atoms with Gasteiger partial charge in [0.05, 0.1) is 6.54 Å². The van der Waals surface area contributed by atoms with Gasteiger partial charge in [-0.05, 0) is 42.0 Å². The van der Waals surface area contributed by atoms with Gasteiger partial charge >= 0.3 is 0 Å². The van der Waals surface area contributed by atoms with E-state index >= 15 is 0 Å². The van der Waals surface area contributed by atoms with Crippen molar-refractivity contribution in [3.05, 3.63) is 70.5 Å². The van der Waals surface area contributed by atoms with Gasteiger partial charge in [0, 0.05) is 14.9 Å². The van der Waals surface area contributed by atoms with Gasteiger partial charge in [-0.25, -0.2) is 9.67 Å². The number of hydrogen-bond donors (Lipinski definition) is 1. The molecule has 1 aromatic heterocycles. The number of nitrogens with zero attached hydrogens (tertiary/aromatic N) is 3. The Labute approximate surface area is 161 Å². The van der Waals surface area contributed by atoms with Gasteiger partial charge in [-0.15, -0.1) is 5.10 Å². The number of amides is 1. The third-order valence-electron chi connectivity index (χ3n) is 3.36. The molecule has 0 atom stereocenters. The Morgan fingerprint density at radius 3 is 2.50 bits per heavy atom. The van der Waals surface area contributed by atoms with E-state index < -0.39 is 11.7 Å². The smallest absolute Gasteiger partial charge is 0.288 e. The first-order valence-corrected chi connectivity index (χ1v) is 9.17. The predicted molar refractivity (Wildman–Crippen MR) is 99.5 cm³/mol. The standard InChI is InChI=1S/C17H13BrF2N4OS/c18-13-5-1-11(2-6-13)9-24-10-21-17(23-24)22-15(25)12-3-7-14(8-4-12)26-16(19)20/h1-8,10,16H,9H2,(H,22,23,25). The SMILES string of the molecule is O=C(Nc1ncn(Cc2ccc(Br)cc2)n1)c1ccc(SC(F)F)cc1. The van der Waals surface area contributed by atoms with Gasteiger partial charge in [0.2, 0.25) is 5.95 Å².